The van der Waals surface area contributed by atoms with Crippen LogP contribution in [0, 0.1) is 0 Å². The van der Waals surface area contributed by atoms with Gasteiger partial charge in [-0.05, 0) is 36.4 Å². The number of thioether (sulfide) groups is 1. The molecular weight excluding hydrogens is 234 g/mol. The summed E-state index contributed by atoms with van der Waals surface area (Å²) in [6.07, 6.45) is 2.21. The monoisotopic (exact) mass is 247 g/mol. The van der Waals surface area contributed by atoms with E-state index in [0.29, 0.717) is 5.57 Å². The van der Waals surface area contributed by atoms with E-state index in [-0.39, 0.29) is 18.2 Å². The Morgan fingerprint density at radius 2 is 1.88 bits per heavy atom. The van der Waals surface area contributed by atoms with Crippen LogP contribution < -0.4 is 5.32 Å². The molecule has 1 heterocycles. The maximum atomic E-state index is 11.5. The minimum Gasteiger partial charge on any atom is -0.292 e. The fourth-order valence-electron chi connectivity index (χ4n) is 1.81. The number of hydrogen-bond donors (Lipinski definition) is 1. The second-order valence-corrected chi connectivity index (χ2v) is 4.77. The summed E-state index contributed by atoms with van der Waals surface area (Å²) in [5.74, 6) is -0.480. The Hall–Kier alpha value is -1.55. The van der Waals surface area contributed by atoms with Crippen molar-refractivity contribution in [2.45, 2.75) is 18.2 Å². The first-order valence-corrected chi connectivity index (χ1v) is 6.52. The Kier molecular flexibility index (Phi) is 3.33. The summed E-state index contributed by atoms with van der Waals surface area (Å²) in [6.45, 7) is 1.88. The Balaban J connectivity index is 2.35. The standard InChI is InChI=1S/C13H13NO2S/c1-8(11-7-12(15)14-13(11)16)9-3-5-10(17-2)6-4-9/h3-6H,7H2,1-2H3,(H,14,15,16). The van der Waals surface area contributed by atoms with E-state index in [9.17, 15) is 9.59 Å². The molecule has 88 valence electrons. The molecule has 1 aromatic carbocycles. The molecule has 0 aromatic heterocycles. The van der Waals surface area contributed by atoms with Gasteiger partial charge in [-0.3, -0.25) is 14.9 Å². The SMILES string of the molecule is CSc1ccc(C(C)=C2CC(=O)NC2=O)cc1. The number of allylic oxidation sites excluding steroid dienone is 1. The Morgan fingerprint density at radius 1 is 1.24 bits per heavy atom. The van der Waals surface area contributed by atoms with E-state index in [2.05, 4.69) is 5.32 Å². The molecule has 1 aliphatic heterocycles. The van der Waals surface area contributed by atoms with Crippen LogP contribution in [0.4, 0.5) is 0 Å². The average molecular weight is 247 g/mol. The number of hydrogen-bond acceptors (Lipinski definition) is 3. The highest BCUT2D eigenvalue weighted by Crippen LogP contribution is 2.25. The summed E-state index contributed by atoms with van der Waals surface area (Å²) < 4.78 is 0. The number of nitrogens with one attached hydrogen (secondary N) is 1. The van der Waals surface area contributed by atoms with Crippen molar-refractivity contribution in [3.8, 4) is 0 Å². The van der Waals surface area contributed by atoms with Crippen LogP contribution in [0.2, 0.25) is 0 Å². The van der Waals surface area contributed by atoms with Crippen LogP contribution in [0.15, 0.2) is 34.7 Å². The quantitative estimate of drug-likeness (QED) is 0.495. The number of rotatable bonds is 2. The highest BCUT2D eigenvalue weighted by Gasteiger charge is 2.26. The lowest BCUT2D eigenvalue weighted by molar-refractivity contribution is -0.124. The first-order chi connectivity index (χ1) is 8.11. The number of benzene rings is 1. The van der Waals surface area contributed by atoms with Crippen molar-refractivity contribution in [1.29, 1.82) is 0 Å². The van der Waals surface area contributed by atoms with Crippen molar-refractivity contribution >= 4 is 29.1 Å². The van der Waals surface area contributed by atoms with Gasteiger partial charge in [0.2, 0.25) is 5.91 Å². The van der Waals surface area contributed by atoms with Crippen LogP contribution in [0.1, 0.15) is 18.9 Å². The molecule has 1 aliphatic rings. The van der Waals surface area contributed by atoms with Crippen LogP contribution in [0.25, 0.3) is 5.57 Å². The fraction of sp³-hybridized carbons (Fsp3) is 0.231. The summed E-state index contributed by atoms with van der Waals surface area (Å²) in [4.78, 5) is 23.8. The first kappa shape index (κ1) is 11.9. The summed E-state index contributed by atoms with van der Waals surface area (Å²) in [5, 5.41) is 2.30. The van der Waals surface area contributed by atoms with Gasteiger partial charge in [0.05, 0.1) is 6.42 Å². The lowest BCUT2D eigenvalue weighted by Crippen LogP contribution is -2.19. The zero-order valence-electron chi connectivity index (χ0n) is 9.74. The van der Waals surface area contributed by atoms with Gasteiger partial charge >= 0.3 is 0 Å². The lowest BCUT2D eigenvalue weighted by atomic mass is 10.0. The zero-order valence-corrected chi connectivity index (χ0v) is 10.6. The second kappa shape index (κ2) is 4.75. The van der Waals surface area contributed by atoms with Gasteiger partial charge in [-0.1, -0.05) is 12.1 Å². The highest BCUT2D eigenvalue weighted by molar-refractivity contribution is 7.98. The maximum Gasteiger partial charge on any atom is 0.254 e. The van der Waals surface area contributed by atoms with Gasteiger partial charge < -0.3 is 0 Å². The van der Waals surface area contributed by atoms with Gasteiger partial charge in [-0.2, -0.15) is 0 Å². The molecule has 1 fully saturated rings. The van der Waals surface area contributed by atoms with Crippen LogP contribution >= 0.6 is 11.8 Å². The van der Waals surface area contributed by atoms with Crippen molar-refractivity contribution in [3.63, 3.8) is 0 Å². The molecule has 1 aromatic rings. The minimum atomic E-state index is -0.263. The Bertz CT molecular complexity index is 503. The third-order valence-electron chi connectivity index (χ3n) is 2.84. The van der Waals surface area contributed by atoms with Gasteiger partial charge in [0, 0.05) is 10.5 Å². The minimum absolute atomic E-state index is 0.189. The maximum absolute atomic E-state index is 11.5. The predicted molar refractivity (Wildman–Crippen MR) is 68.6 cm³/mol. The summed E-state index contributed by atoms with van der Waals surface area (Å²) >= 11 is 1.67. The van der Waals surface area contributed by atoms with Crippen molar-refractivity contribution in [3.05, 3.63) is 35.4 Å². The third-order valence-corrected chi connectivity index (χ3v) is 3.58. The van der Waals surface area contributed by atoms with Crippen LogP contribution in [0.3, 0.4) is 0 Å². The number of carbonyl (C=O) groups excluding carboxylic acids is 2. The summed E-state index contributed by atoms with van der Waals surface area (Å²) in [5.41, 5.74) is 2.44. The van der Waals surface area contributed by atoms with E-state index in [1.807, 2.05) is 37.4 Å². The van der Waals surface area contributed by atoms with Crippen LogP contribution in [0.5, 0.6) is 0 Å². The van der Waals surface area contributed by atoms with Gasteiger partial charge in [0.15, 0.2) is 0 Å². The van der Waals surface area contributed by atoms with Gasteiger partial charge in [-0.25, -0.2) is 0 Å². The first-order valence-electron chi connectivity index (χ1n) is 5.30. The molecule has 2 rings (SSSR count). The lowest BCUT2D eigenvalue weighted by Gasteiger charge is -2.05. The highest BCUT2D eigenvalue weighted by atomic mass is 32.2. The normalized spacial score (nSPS) is 18.2. The molecule has 0 spiro atoms. The van der Waals surface area contributed by atoms with Gasteiger partial charge in [0.25, 0.3) is 5.91 Å². The van der Waals surface area contributed by atoms with E-state index < -0.39 is 0 Å². The molecule has 0 atom stereocenters. The molecule has 1 N–H and O–H groups in total. The molecule has 0 unspecified atom stereocenters. The molecule has 1 saturated heterocycles. The fourth-order valence-corrected chi connectivity index (χ4v) is 2.21. The zero-order chi connectivity index (χ0) is 12.4. The second-order valence-electron chi connectivity index (χ2n) is 3.89. The van der Waals surface area contributed by atoms with Gasteiger partial charge in [-0.15, -0.1) is 11.8 Å². The van der Waals surface area contributed by atoms with Crippen LogP contribution in [-0.4, -0.2) is 18.1 Å². The van der Waals surface area contributed by atoms with E-state index in [4.69, 9.17) is 0 Å². The number of carbonyl (C=O) groups is 2. The van der Waals surface area contributed by atoms with Gasteiger partial charge in [0.1, 0.15) is 0 Å². The average Bonchev–Trinajstić information content (AvgIpc) is 2.68. The van der Waals surface area contributed by atoms with Crippen molar-refractivity contribution in [1.82, 2.24) is 5.32 Å². The van der Waals surface area contributed by atoms with Crippen molar-refractivity contribution < 1.29 is 9.59 Å². The molecule has 0 saturated carbocycles. The van der Waals surface area contributed by atoms with Crippen LogP contribution in [-0.2, 0) is 9.59 Å². The predicted octanol–water partition coefficient (Wildman–Crippen LogP) is 2.23. The molecule has 2 amide bonds. The van der Waals surface area contributed by atoms with Crippen molar-refractivity contribution in [2.75, 3.05) is 6.26 Å². The van der Waals surface area contributed by atoms with E-state index in [1.165, 1.54) is 4.90 Å². The van der Waals surface area contributed by atoms with E-state index in [1.54, 1.807) is 11.8 Å². The molecule has 17 heavy (non-hydrogen) atoms. The number of imide groups is 1. The van der Waals surface area contributed by atoms with E-state index >= 15 is 0 Å². The third kappa shape index (κ3) is 2.42. The molecule has 0 radical (unpaired) electrons. The topological polar surface area (TPSA) is 46.2 Å². The molecule has 0 aliphatic carbocycles. The molecule has 0 bridgehead atoms. The Labute approximate surface area is 104 Å². The van der Waals surface area contributed by atoms with Crippen molar-refractivity contribution in [2.24, 2.45) is 0 Å². The molecule has 4 heteroatoms. The molecular formula is C13H13NO2S. The molecule has 3 nitrogen and oxygen atoms in total. The summed E-state index contributed by atoms with van der Waals surface area (Å²) in [7, 11) is 0. The largest absolute Gasteiger partial charge is 0.292 e. The Morgan fingerprint density at radius 3 is 2.35 bits per heavy atom. The summed E-state index contributed by atoms with van der Waals surface area (Å²) in [6, 6.07) is 7.98. The van der Waals surface area contributed by atoms with E-state index in [0.717, 1.165) is 11.1 Å². The smallest absolute Gasteiger partial charge is 0.254 e. The number of amides is 2.